The van der Waals surface area contributed by atoms with E-state index in [2.05, 4.69) is 15.6 Å². The van der Waals surface area contributed by atoms with Crippen LogP contribution < -0.4 is 15.4 Å². The molecule has 0 saturated carbocycles. The summed E-state index contributed by atoms with van der Waals surface area (Å²) in [5.41, 5.74) is 0.815. The monoisotopic (exact) mass is 381 g/mol. The third kappa shape index (κ3) is 5.62. The molecule has 1 aromatic carbocycles. The molecule has 0 spiro atoms. The van der Waals surface area contributed by atoms with Crippen LogP contribution in [0.5, 0.6) is 5.88 Å². The minimum absolute atomic E-state index is 0.273. The smallest absolute Gasteiger partial charge is 0.252 e. The summed E-state index contributed by atoms with van der Waals surface area (Å²) in [5.74, 6) is -0.108. The van der Waals surface area contributed by atoms with Crippen molar-refractivity contribution in [2.75, 3.05) is 19.7 Å². The molecule has 0 radical (unpaired) electrons. The van der Waals surface area contributed by atoms with Gasteiger partial charge in [-0.05, 0) is 31.2 Å². The van der Waals surface area contributed by atoms with E-state index in [1.54, 1.807) is 24.3 Å². The van der Waals surface area contributed by atoms with Crippen molar-refractivity contribution >= 4 is 35.0 Å². The molecule has 0 aliphatic rings. The number of pyridine rings is 1. The number of carbonyl (C=O) groups is 2. The van der Waals surface area contributed by atoms with E-state index in [-0.39, 0.29) is 24.9 Å². The molecule has 0 bridgehead atoms. The molecule has 1 aromatic heterocycles. The molecule has 25 heavy (non-hydrogen) atoms. The minimum Gasteiger partial charge on any atom is -0.478 e. The van der Waals surface area contributed by atoms with E-state index in [1.165, 1.54) is 12.3 Å². The Kier molecular flexibility index (Phi) is 7.03. The number of rotatable bonds is 7. The Bertz CT molecular complexity index is 751. The largest absolute Gasteiger partial charge is 0.478 e. The van der Waals surface area contributed by atoms with Gasteiger partial charge >= 0.3 is 0 Å². The van der Waals surface area contributed by atoms with E-state index < -0.39 is 0 Å². The van der Waals surface area contributed by atoms with Gasteiger partial charge in [-0.2, -0.15) is 0 Å². The van der Waals surface area contributed by atoms with E-state index in [0.29, 0.717) is 33.7 Å². The highest BCUT2D eigenvalue weighted by molar-refractivity contribution is 6.42. The molecular weight excluding hydrogens is 365 g/mol. The van der Waals surface area contributed by atoms with E-state index >= 15 is 0 Å². The van der Waals surface area contributed by atoms with Crippen molar-refractivity contribution in [2.24, 2.45) is 0 Å². The highest BCUT2D eigenvalue weighted by Gasteiger charge is 2.09. The second-order valence-electron chi connectivity index (χ2n) is 4.96. The molecule has 0 saturated heterocycles. The Labute approximate surface area is 155 Å². The van der Waals surface area contributed by atoms with Gasteiger partial charge in [-0.15, -0.1) is 0 Å². The standard InChI is InChI=1S/C17H17Cl2N3O3/c1-2-25-15-6-4-12(10-22-15)17(24)21-8-7-20-16(23)11-3-5-13(18)14(19)9-11/h3-6,9-10H,2,7-8H2,1H3,(H,20,23)(H,21,24). The molecule has 0 fully saturated rings. The molecule has 8 heteroatoms. The van der Waals surface area contributed by atoms with Gasteiger partial charge in [0.25, 0.3) is 11.8 Å². The maximum atomic E-state index is 12.0. The molecule has 0 unspecified atom stereocenters. The summed E-state index contributed by atoms with van der Waals surface area (Å²) in [6.45, 7) is 2.92. The van der Waals surface area contributed by atoms with Gasteiger partial charge in [0.1, 0.15) is 0 Å². The highest BCUT2D eigenvalue weighted by Crippen LogP contribution is 2.22. The fourth-order valence-electron chi connectivity index (χ4n) is 1.94. The van der Waals surface area contributed by atoms with Crippen molar-refractivity contribution in [1.29, 1.82) is 0 Å². The first kappa shape index (κ1) is 19.0. The predicted molar refractivity (Wildman–Crippen MR) is 96.5 cm³/mol. The number of carbonyl (C=O) groups excluding carboxylic acids is 2. The molecular formula is C17H17Cl2N3O3. The van der Waals surface area contributed by atoms with Crippen LogP contribution in [0.25, 0.3) is 0 Å². The molecule has 1 heterocycles. The minimum atomic E-state index is -0.296. The van der Waals surface area contributed by atoms with Crippen LogP contribution in [0.2, 0.25) is 10.0 Å². The zero-order chi connectivity index (χ0) is 18.2. The third-order valence-electron chi connectivity index (χ3n) is 3.17. The number of hydrogen-bond donors (Lipinski definition) is 2. The quantitative estimate of drug-likeness (QED) is 0.722. The molecule has 2 rings (SSSR count). The van der Waals surface area contributed by atoms with Crippen LogP contribution in [0.1, 0.15) is 27.6 Å². The average molecular weight is 382 g/mol. The van der Waals surface area contributed by atoms with Crippen LogP contribution in [0.15, 0.2) is 36.5 Å². The summed E-state index contributed by atoms with van der Waals surface area (Å²) in [6.07, 6.45) is 1.44. The van der Waals surface area contributed by atoms with Gasteiger partial charge in [0, 0.05) is 30.9 Å². The Balaban J connectivity index is 1.77. The molecule has 132 valence electrons. The number of hydrogen-bond acceptors (Lipinski definition) is 4. The van der Waals surface area contributed by atoms with Crippen molar-refractivity contribution in [2.45, 2.75) is 6.92 Å². The number of nitrogens with zero attached hydrogens (tertiary/aromatic N) is 1. The first-order valence-corrected chi connectivity index (χ1v) is 8.37. The molecule has 2 amide bonds. The van der Waals surface area contributed by atoms with E-state index in [1.807, 2.05) is 6.92 Å². The van der Waals surface area contributed by atoms with Crippen molar-refractivity contribution in [3.8, 4) is 5.88 Å². The Morgan fingerprint density at radius 3 is 2.20 bits per heavy atom. The van der Waals surface area contributed by atoms with Gasteiger partial charge in [-0.1, -0.05) is 23.2 Å². The lowest BCUT2D eigenvalue weighted by Crippen LogP contribution is -2.34. The van der Waals surface area contributed by atoms with Gasteiger partial charge in [0.15, 0.2) is 0 Å². The first-order chi connectivity index (χ1) is 12.0. The van der Waals surface area contributed by atoms with Crippen LogP contribution in [-0.4, -0.2) is 36.5 Å². The van der Waals surface area contributed by atoms with Crippen LogP contribution >= 0.6 is 23.2 Å². The molecule has 0 aliphatic carbocycles. The first-order valence-electron chi connectivity index (χ1n) is 7.61. The lowest BCUT2D eigenvalue weighted by Gasteiger charge is -2.08. The van der Waals surface area contributed by atoms with Crippen molar-refractivity contribution in [3.63, 3.8) is 0 Å². The SMILES string of the molecule is CCOc1ccc(C(=O)NCCNC(=O)c2ccc(Cl)c(Cl)c2)cn1. The van der Waals surface area contributed by atoms with Crippen LogP contribution in [0, 0.1) is 0 Å². The third-order valence-corrected chi connectivity index (χ3v) is 3.91. The number of halogens is 2. The van der Waals surface area contributed by atoms with Crippen molar-refractivity contribution in [1.82, 2.24) is 15.6 Å². The molecule has 6 nitrogen and oxygen atoms in total. The second-order valence-corrected chi connectivity index (χ2v) is 5.77. The van der Waals surface area contributed by atoms with E-state index in [9.17, 15) is 9.59 Å². The highest BCUT2D eigenvalue weighted by atomic mass is 35.5. The lowest BCUT2D eigenvalue weighted by atomic mass is 10.2. The fraction of sp³-hybridized carbons (Fsp3) is 0.235. The Morgan fingerprint density at radius 2 is 1.64 bits per heavy atom. The molecule has 0 aliphatic heterocycles. The lowest BCUT2D eigenvalue weighted by molar-refractivity contribution is 0.0927. The van der Waals surface area contributed by atoms with Crippen LogP contribution in [0.3, 0.4) is 0 Å². The van der Waals surface area contributed by atoms with Crippen LogP contribution in [-0.2, 0) is 0 Å². The summed E-state index contributed by atoms with van der Waals surface area (Å²) < 4.78 is 5.22. The summed E-state index contributed by atoms with van der Waals surface area (Å²) in [7, 11) is 0. The zero-order valence-corrected chi connectivity index (χ0v) is 15.0. The number of nitrogens with one attached hydrogen (secondary N) is 2. The molecule has 0 atom stereocenters. The Morgan fingerprint density at radius 1 is 1.00 bits per heavy atom. The maximum absolute atomic E-state index is 12.0. The number of amides is 2. The molecule has 2 aromatic rings. The van der Waals surface area contributed by atoms with E-state index in [0.717, 1.165) is 0 Å². The number of benzene rings is 1. The van der Waals surface area contributed by atoms with E-state index in [4.69, 9.17) is 27.9 Å². The van der Waals surface area contributed by atoms with Crippen molar-refractivity contribution in [3.05, 3.63) is 57.7 Å². The van der Waals surface area contributed by atoms with Crippen molar-refractivity contribution < 1.29 is 14.3 Å². The van der Waals surface area contributed by atoms with Gasteiger partial charge < -0.3 is 15.4 Å². The maximum Gasteiger partial charge on any atom is 0.252 e. The summed E-state index contributed by atoms with van der Waals surface area (Å²) in [4.78, 5) is 28.0. The normalized spacial score (nSPS) is 10.2. The molecule has 2 N–H and O–H groups in total. The second kappa shape index (κ2) is 9.25. The van der Waals surface area contributed by atoms with Gasteiger partial charge in [-0.25, -0.2) is 4.98 Å². The average Bonchev–Trinajstić information content (AvgIpc) is 2.61. The summed E-state index contributed by atoms with van der Waals surface area (Å²) in [6, 6.07) is 7.88. The number of aromatic nitrogens is 1. The van der Waals surface area contributed by atoms with Gasteiger partial charge in [-0.3, -0.25) is 9.59 Å². The topological polar surface area (TPSA) is 80.3 Å². The summed E-state index contributed by atoms with van der Waals surface area (Å²) >= 11 is 11.7. The van der Waals surface area contributed by atoms with Gasteiger partial charge in [0.2, 0.25) is 5.88 Å². The van der Waals surface area contributed by atoms with Crippen LogP contribution in [0.4, 0.5) is 0 Å². The van der Waals surface area contributed by atoms with Gasteiger partial charge in [0.05, 0.1) is 22.2 Å². The zero-order valence-electron chi connectivity index (χ0n) is 13.5. The summed E-state index contributed by atoms with van der Waals surface area (Å²) in [5, 5.41) is 6.08. The fourth-order valence-corrected chi connectivity index (χ4v) is 2.24. The Hall–Kier alpha value is -2.31. The number of ether oxygens (including phenoxy) is 1. The predicted octanol–water partition coefficient (Wildman–Crippen LogP) is 2.95.